The number of nitrogens with one attached hydrogen (secondary N) is 7. The van der Waals surface area contributed by atoms with E-state index in [-0.39, 0.29) is 145 Å². The van der Waals surface area contributed by atoms with Crippen LogP contribution in [0.25, 0.3) is 0 Å². The summed E-state index contributed by atoms with van der Waals surface area (Å²) in [6, 6.07) is -2.15. The van der Waals surface area contributed by atoms with Crippen LogP contribution in [-0.2, 0) is 71.5 Å². The molecule has 19 atom stereocenters. The lowest BCUT2D eigenvalue weighted by atomic mass is 9.91. The lowest BCUT2D eigenvalue weighted by molar-refractivity contribution is -0.273. The van der Waals surface area contributed by atoms with Gasteiger partial charge >= 0.3 is 0 Å². The first-order valence-electron chi connectivity index (χ1n) is 36.5. The number of carbonyl (C=O) groups is 7. The van der Waals surface area contributed by atoms with Crippen LogP contribution in [0.2, 0.25) is 0 Å². The van der Waals surface area contributed by atoms with Crippen molar-refractivity contribution >= 4 is 41.4 Å². The molecule has 19 unspecified atom stereocenters. The molecule has 0 spiro atoms. The normalized spacial score (nSPS) is 25.8. The molecule has 0 bridgehead atoms. The second-order valence-electron chi connectivity index (χ2n) is 28.2. The van der Waals surface area contributed by atoms with Gasteiger partial charge in [0.2, 0.25) is 41.4 Å². The number of aliphatic hydroxyl groups is 6. The molecule has 2 aliphatic heterocycles. The zero-order valence-electron chi connectivity index (χ0n) is 60.9. The Morgan fingerprint density at radius 1 is 0.500 bits per heavy atom. The summed E-state index contributed by atoms with van der Waals surface area (Å²) in [7, 11) is 0. The van der Waals surface area contributed by atoms with Gasteiger partial charge in [0.25, 0.3) is 0 Å². The van der Waals surface area contributed by atoms with Crippen LogP contribution >= 0.6 is 0 Å². The fraction of sp³-hybridized carbons (Fsp3) is 0.900. The second kappa shape index (κ2) is 48.6. The second-order valence-corrected chi connectivity index (χ2v) is 28.2. The molecule has 2 heterocycles. The van der Waals surface area contributed by atoms with E-state index in [1.54, 1.807) is 0 Å². The van der Waals surface area contributed by atoms with Gasteiger partial charge in [0.15, 0.2) is 12.6 Å². The predicted molar refractivity (Wildman–Crippen MR) is 365 cm³/mol. The highest BCUT2D eigenvalue weighted by Gasteiger charge is 2.47. The lowest BCUT2D eigenvalue weighted by Gasteiger charge is -2.42. The first-order chi connectivity index (χ1) is 46.7. The molecule has 1 aliphatic carbocycles. The van der Waals surface area contributed by atoms with Crippen LogP contribution < -0.4 is 37.2 Å². The quantitative estimate of drug-likeness (QED) is 0.0389. The van der Waals surface area contributed by atoms with E-state index in [4.69, 9.17) is 37.9 Å². The smallest absolute Gasteiger partial charge is 0.222 e. The molecule has 1 saturated carbocycles. The third-order valence-electron chi connectivity index (χ3n) is 19.1. The highest BCUT2D eigenvalue weighted by Crippen LogP contribution is 2.34. The summed E-state index contributed by atoms with van der Waals surface area (Å²) < 4.78 is 48.4. The molecule has 3 fully saturated rings. The highest BCUT2D eigenvalue weighted by atomic mass is 16.7. The predicted octanol–water partition coefficient (Wildman–Crippen LogP) is 2.42. The van der Waals surface area contributed by atoms with Crippen LogP contribution in [0, 0.1) is 47.3 Å². The monoisotopic (exact) mass is 1400 g/mol. The van der Waals surface area contributed by atoms with Crippen LogP contribution in [-0.4, -0.2) is 244 Å². The Bertz CT molecular complexity index is 2280. The standard InChI is InChI=1S/C70H129N7O21/c1-12-25-71-58(83)22-26-91-41-70(77-61(86)19-17-18-57(82)72-33-45(8)29-51(15-4)39-94-54-21-20-53(32-54)44(6)7,42-92-27-23-59(84)73-34-49(13-2)30-46(9)38-95-68-62(75-47(10)80)66(89)64(87)55(36-78)97-68)43-93-28-24-60(85)74-35-50(14-3)31-52(16-5)40-96-69-63(76-48(11)81)67(90)65(88)56(37-79)98-69/h44-46,49-56,62-69,78-79,87-90H,12-43H2,1-11H3,(H,71,83)(H,72,82)(H,73,84)(H,74,85)(H,75,80)(H,76,81)(H,77,86). The van der Waals surface area contributed by atoms with E-state index in [2.05, 4.69) is 64.9 Å². The number of amides is 7. The van der Waals surface area contributed by atoms with Gasteiger partial charge in [-0.25, -0.2) is 0 Å². The summed E-state index contributed by atoms with van der Waals surface area (Å²) in [5.41, 5.74) is -1.39. The summed E-state index contributed by atoms with van der Waals surface area (Å²) in [5.74, 6) is -0.430. The van der Waals surface area contributed by atoms with Gasteiger partial charge in [-0.05, 0) is 98.7 Å². The van der Waals surface area contributed by atoms with E-state index >= 15 is 0 Å². The van der Waals surface area contributed by atoms with Crippen molar-refractivity contribution in [2.75, 3.05) is 98.9 Å². The van der Waals surface area contributed by atoms with Crippen LogP contribution in [0.5, 0.6) is 0 Å². The number of ether oxygens (including phenoxy) is 8. The van der Waals surface area contributed by atoms with E-state index < -0.39 is 97.8 Å². The Kier molecular flexibility index (Phi) is 43.6. The van der Waals surface area contributed by atoms with E-state index in [9.17, 15) is 64.2 Å². The first kappa shape index (κ1) is 87.9. The van der Waals surface area contributed by atoms with Crippen molar-refractivity contribution in [2.24, 2.45) is 47.3 Å². The molecule has 0 aromatic rings. The topological polar surface area (TPSA) is 399 Å². The zero-order valence-corrected chi connectivity index (χ0v) is 60.9. The van der Waals surface area contributed by atoms with E-state index in [1.165, 1.54) is 20.3 Å². The minimum atomic E-state index is -1.45. The Hall–Kier alpha value is -4.27. The van der Waals surface area contributed by atoms with Crippen LogP contribution in [0.3, 0.4) is 0 Å². The maximum atomic E-state index is 14.1. The van der Waals surface area contributed by atoms with Gasteiger partial charge in [0, 0.05) is 78.7 Å². The molecule has 28 heteroatoms. The number of rotatable bonds is 52. The third-order valence-corrected chi connectivity index (χ3v) is 19.1. The van der Waals surface area contributed by atoms with Crippen LogP contribution in [0.4, 0.5) is 0 Å². The Balaban J connectivity index is 1.68. The lowest BCUT2D eigenvalue weighted by Crippen LogP contribution is -2.64. The maximum Gasteiger partial charge on any atom is 0.222 e. The molecule has 3 rings (SSSR count). The van der Waals surface area contributed by atoms with Gasteiger partial charge in [-0.1, -0.05) is 88.0 Å². The van der Waals surface area contributed by atoms with Gasteiger partial charge in [0.1, 0.15) is 54.2 Å². The molecule has 0 aromatic carbocycles. The number of hydrogen-bond donors (Lipinski definition) is 13. The van der Waals surface area contributed by atoms with Crippen molar-refractivity contribution in [1.29, 1.82) is 0 Å². The van der Waals surface area contributed by atoms with Crippen molar-refractivity contribution < 1.29 is 102 Å². The Labute approximate surface area is 583 Å². The van der Waals surface area contributed by atoms with Gasteiger partial charge in [-0.15, -0.1) is 0 Å². The molecular formula is C70H129N7O21. The molecule has 0 radical (unpaired) electrons. The van der Waals surface area contributed by atoms with Crippen molar-refractivity contribution in [3.05, 3.63) is 0 Å². The minimum Gasteiger partial charge on any atom is -0.394 e. The molecule has 7 amide bonds. The summed E-state index contributed by atoms with van der Waals surface area (Å²) in [6.07, 6.45) is -0.346. The first-order valence-corrected chi connectivity index (χ1v) is 36.5. The molecule has 0 aromatic heterocycles. The summed E-state index contributed by atoms with van der Waals surface area (Å²) in [4.78, 5) is 90.7. The molecule has 570 valence electrons. The molecular weight excluding hydrogens is 1270 g/mol. The molecule has 13 N–H and O–H groups in total. The summed E-state index contributed by atoms with van der Waals surface area (Å²) >= 11 is 0. The van der Waals surface area contributed by atoms with Gasteiger partial charge in [-0.2, -0.15) is 0 Å². The van der Waals surface area contributed by atoms with E-state index in [1.807, 2.05) is 34.6 Å². The van der Waals surface area contributed by atoms with Crippen LogP contribution in [0.15, 0.2) is 0 Å². The fourth-order valence-electron chi connectivity index (χ4n) is 12.7. The molecule has 2 saturated heterocycles. The number of carbonyl (C=O) groups excluding carboxylic acids is 7. The van der Waals surface area contributed by atoms with Crippen molar-refractivity contribution in [2.45, 2.75) is 258 Å². The zero-order chi connectivity index (χ0) is 72.7. The van der Waals surface area contributed by atoms with Gasteiger partial charge < -0.3 is 106 Å². The molecule has 3 aliphatic rings. The average molecular weight is 1400 g/mol. The minimum absolute atomic E-state index is 0.0123. The molecule has 98 heavy (non-hydrogen) atoms. The van der Waals surface area contributed by atoms with Crippen molar-refractivity contribution in [1.82, 2.24) is 37.2 Å². The van der Waals surface area contributed by atoms with Crippen molar-refractivity contribution in [3.63, 3.8) is 0 Å². The van der Waals surface area contributed by atoms with Gasteiger partial charge in [-0.3, -0.25) is 33.6 Å². The van der Waals surface area contributed by atoms with Gasteiger partial charge in [0.05, 0.1) is 72.2 Å². The Morgan fingerprint density at radius 2 is 0.929 bits per heavy atom. The fourth-order valence-corrected chi connectivity index (χ4v) is 12.7. The third kappa shape index (κ3) is 33.7. The molecule has 28 nitrogen and oxygen atoms in total. The maximum absolute atomic E-state index is 14.1. The van der Waals surface area contributed by atoms with E-state index in [0.29, 0.717) is 88.7 Å². The van der Waals surface area contributed by atoms with E-state index in [0.717, 1.165) is 32.1 Å². The largest absolute Gasteiger partial charge is 0.394 e. The summed E-state index contributed by atoms with van der Waals surface area (Å²) in [6.45, 7) is 22.0. The SMILES string of the molecule is CCCNC(=O)CCOCC(COCCC(=O)NCC(CC)CC(C)COC1OC(CO)C(O)C(O)C1NC(C)=O)(COCCC(=O)NCC(CC)CC(CC)COC1OC(CO)C(O)C(O)C1NC(C)=O)NC(=O)CCCC(=O)NCC(C)CC(CC)COC1CCC(C(C)C)C1. The number of aliphatic hydroxyl groups excluding tert-OH is 6. The number of hydrogen-bond acceptors (Lipinski definition) is 21. The highest BCUT2D eigenvalue weighted by molar-refractivity contribution is 5.80. The van der Waals surface area contributed by atoms with Crippen LogP contribution in [0.1, 0.15) is 185 Å². The Morgan fingerprint density at radius 3 is 1.39 bits per heavy atom. The average Bonchev–Trinajstić information content (AvgIpc) is 0.994. The summed E-state index contributed by atoms with van der Waals surface area (Å²) in [5, 5.41) is 81.9. The van der Waals surface area contributed by atoms with Crippen molar-refractivity contribution in [3.8, 4) is 0 Å².